The molecule has 2 fully saturated rings. The summed E-state index contributed by atoms with van der Waals surface area (Å²) in [7, 11) is 2.87. The third-order valence-electron chi connectivity index (χ3n) is 5.85. The quantitative estimate of drug-likeness (QED) is 0.656. The Kier molecular flexibility index (Phi) is 5.43. The van der Waals surface area contributed by atoms with Crippen molar-refractivity contribution in [3.8, 4) is 11.5 Å². The van der Waals surface area contributed by atoms with E-state index in [4.69, 9.17) is 9.47 Å². The summed E-state index contributed by atoms with van der Waals surface area (Å²) in [5.74, 6) is -2.35. The van der Waals surface area contributed by atoms with Gasteiger partial charge in [-0.1, -0.05) is 12.1 Å². The Morgan fingerprint density at radius 1 is 1.10 bits per heavy atom. The predicted molar refractivity (Wildman–Crippen MR) is 108 cm³/mol. The van der Waals surface area contributed by atoms with Gasteiger partial charge in [0.1, 0.15) is 29.2 Å². The lowest BCUT2D eigenvalue weighted by atomic mass is 9.92. The first kappa shape index (κ1) is 20.9. The lowest BCUT2D eigenvalue weighted by Gasteiger charge is -2.23. The van der Waals surface area contributed by atoms with Crippen LogP contribution >= 0.6 is 0 Å². The fraction of sp³-hybridized carbons (Fsp3) is 0.364. The van der Waals surface area contributed by atoms with Crippen molar-refractivity contribution in [1.29, 1.82) is 0 Å². The van der Waals surface area contributed by atoms with Crippen molar-refractivity contribution in [3.05, 3.63) is 59.2 Å². The molecule has 1 saturated carbocycles. The molecule has 0 radical (unpaired) electrons. The molecule has 4 rings (SSSR count). The monoisotopic (exact) mass is 431 g/mol. The number of hydrogen-bond donors (Lipinski definition) is 3. The highest BCUT2D eigenvalue weighted by Crippen LogP contribution is 2.46. The zero-order chi connectivity index (χ0) is 22.2. The van der Waals surface area contributed by atoms with Gasteiger partial charge in [-0.3, -0.25) is 4.79 Å². The molecular formula is C22H23F2N3O4. The van der Waals surface area contributed by atoms with Crippen LogP contribution in [0.5, 0.6) is 11.5 Å². The Balaban J connectivity index is 1.51. The van der Waals surface area contributed by atoms with Crippen LogP contribution in [-0.2, 0) is 10.3 Å². The average Bonchev–Trinajstić information content (AvgIpc) is 3.46. The first-order valence-electron chi connectivity index (χ1n) is 9.91. The summed E-state index contributed by atoms with van der Waals surface area (Å²) in [6.45, 7) is 0.00494. The van der Waals surface area contributed by atoms with Crippen LogP contribution in [-0.4, -0.2) is 38.7 Å². The molecule has 2 aromatic carbocycles. The molecule has 3 N–H and O–H groups in total. The van der Waals surface area contributed by atoms with Crippen LogP contribution in [0.4, 0.5) is 13.6 Å². The summed E-state index contributed by atoms with van der Waals surface area (Å²) in [6.07, 6.45) is 1.46. The second kappa shape index (κ2) is 8.05. The molecular weight excluding hydrogens is 408 g/mol. The molecule has 9 heteroatoms. The first-order valence-corrected chi connectivity index (χ1v) is 9.91. The van der Waals surface area contributed by atoms with Crippen molar-refractivity contribution in [2.24, 2.45) is 0 Å². The van der Waals surface area contributed by atoms with E-state index in [1.165, 1.54) is 7.11 Å². The predicted octanol–water partition coefficient (Wildman–Crippen LogP) is 2.55. The molecule has 2 aromatic rings. The number of carbonyl (C=O) groups excluding carboxylic acids is 2. The number of nitrogens with one attached hydrogen (secondary N) is 3. The number of benzene rings is 2. The first-order chi connectivity index (χ1) is 14.9. The third kappa shape index (κ3) is 3.99. The number of carbonyl (C=O) groups is 2. The summed E-state index contributed by atoms with van der Waals surface area (Å²) in [6, 6.07) is 7.80. The van der Waals surface area contributed by atoms with Crippen LogP contribution in [0, 0.1) is 11.6 Å². The van der Waals surface area contributed by atoms with E-state index in [1.54, 1.807) is 7.11 Å². The highest BCUT2D eigenvalue weighted by molar-refractivity contribution is 5.90. The molecule has 1 heterocycles. The van der Waals surface area contributed by atoms with Crippen molar-refractivity contribution in [1.82, 2.24) is 16.0 Å². The summed E-state index contributed by atoms with van der Waals surface area (Å²) in [5.41, 5.74) is 0.0693. The second-order valence-electron chi connectivity index (χ2n) is 7.75. The molecule has 1 aliphatic carbocycles. The van der Waals surface area contributed by atoms with E-state index in [2.05, 4.69) is 16.0 Å². The Morgan fingerprint density at radius 3 is 2.39 bits per heavy atom. The molecule has 1 aliphatic heterocycles. The summed E-state index contributed by atoms with van der Waals surface area (Å²) < 4.78 is 39.2. The Hall–Kier alpha value is -3.36. The van der Waals surface area contributed by atoms with E-state index in [0.29, 0.717) is 5.75 Å². The van der Waals surface area contributed by atoms with Crippen LogP contribution < -0.4 is 25.4 Å². The fourth-order valence-electron chi connectivity index (χ4n) is 4.02. The van der Waals surface area contributed by atoms with Crippen molar-refractivity contribution >= 4 is 11.9 Å². The number of amides is 3. The molecule has 0 unspecified atom stereocenters. The number of ether oxygens (including phenoxy) is 2. The molecule has 1 saturated heterocycles. The van der Waals surface area contributed by atoms with Gasteiger partial charge in [0.2, 0.25) is 5.91 Å². The van der Waals surface area contributed by atoms with E-state index < -0.39 is 41.1 Å². The minimum atomic E-state index is -1.11. The largest absolute Gasteiger partial charge is 0.497 e. The maximum Gasteiger partial charge on any atom is 0.316 e. The Bertz CT molecular complexity index is 1000. The second-order valence-corrected chi connectivity index (χ2v) is 7.75. The van der Waals surface area contributed by atoms with Crippen molar-refractivity contribution in [2.75, 3.05) is 20.8 Å². The third-order valence-corrected chi connectivity index (χ3v) is 5.85. The lowest BCUT2D eigenvalue weighted by Crippen LogP contribution is -2.50. The van der Waals surface area contributed by atoms with Gasteiger partial charge >= 0.3 is 6.03 Å². The zero-order valence-electron chi connectivity index (χ0n) is 17.1. The van der Waals surface area contributed by atoms with E-state index in [-0.39, 0.29) is 17.9 Å². The molecule has 0 bridgehead atoms. The Labute approximate surface area is 178 Å². The lowest BCUT2D eigenvalue weighted by molar-refractivity contribution is -0.120. The highest BCUT2D eigenvalue weighted by Gasteiger charge is 2.47. The van der Waals surface area contributed by atoms with Gasteiger partial charge in [-0.2, -0.15) is 0 Å². The Morgan fingerprint density at radius 2 is 1.77 bits per heavy atom. The molecule has 31 heavy (non-hydrogen) atoms. The van der Waals surface area contributed by atoms with Crippen molar-refractivity contribution in [2.45, 2.75) is 30.3 Å². The van der Waals surface area contributed by atoms with E-state index >= 15 is 0 Å². The van der Waals surface area contributed by atoms with Crippen LogP contribution in [0.2, 0.25) is 0 Å². The molecule has 2 atom stereocenters. The molecule has 164 valence electrons. The number of halogens is 2. The molecule has 3 amide bonds. The van der Waals surface area contributed by atoms with Gasteiger partial charge in [0.25, 0.3) is 0 Å². The van der Waals surface area contributed by atoms with Crippen LogP contribution in [0.3, 0.4) is 0 Å². The van der Waals surface area contributed by atoms with Crippen LogP contribution in [0.25, 0.3) is 0 Å². The van der Waals surface area contributed by atoms with E-state index in [9.17, 15) is 18.4 Å². The van der Waals surface area contributed by atoms with Gasteiger partial charge in [0, 0.05) is 30.2 Å². The standard InChI is InChI=1S/C22H23F2N3O4/c1-30-13-5-3-4-12(8-13)22(6-7-22)27-21(29)26-19-15(11-25-20(19)28)18-16(23)9-14(31-2)10-17(18)24/h3-5,8-10,15,19H,6-7,11H2,1-2H3,(H,25,28)(H2,26,27,29)/t15-,19-/m0/s1. The number of methoxy groups -OCH3 is 2. The topological polar surface area (TPSA) is 88.7 Å². The molecule has 7 nitrogen and oxygen atoms in total. The summed E-state index contributed by atoms with van der Waals surface area (Å²) >= 11 is 0. The van der Waals surface area contributed by atoms with Crippen LogP contribution in [0.1, 0.15) is 29.9 Å². The number of urea groups is 1. The minimum absolute atomic E-state index is 0.00494. The maximum absolute atomic E-state index is 14.6. The van der Waals surface area contributed by atoms with Crippen molar-refractivity contribution < 1.29 is 27.8 Å². The van der Waals surface area contributed by atoms with Crippen molar-refractivity contribution in [3.63, 3.8) is 0 Å². The molecule has 0 aromatic heterocycles. The van der Waals surface area contributed by atoms with E-state index in [0.717, 1.165) is 30.5 Å². The van der Waals surface area contributed by atoms with Gasteiger partial charge in [-0.05, 0) is 30.5 Å². The van der Waals surface area contributed by atoms with Gasteiger partial charge in [-0.15, -0.1) is 0 Å². The van der Waals surface area contributed by atoms with Gasteiger partial charge < -0.3 is 25.4 Å². The minimum Gasteiger partial charge on any atom is -0.497 e. The van der Waals surface area contributed by atoms with Crippen LogP contribution in [0.15, 0.2) is 36.4 Å². The maximum atomic E-state index is 14.6. The van der Waals surface area contributed by atoms with Gasteiger partial charge in [-0.25, -0.2) is 13.6 Å². The smallest absolute Gasteiger partial charge is 0.316 e. The summed E-state index contributed by atoms with van der Waals surface area (Å²) in [5, 5.41) is 8.07. The zero-order valence-corrected chi connectivity index (χ0v) is 17.1. The SMILES string of the molecule is COc1cccc(C2(NC(=O)N[C@@H]3C(=O)NC[C@H]3c3c(F)cc(OC)cc3F)CC2)c1. The highest BCUT2D eigenvalue weighted by atomic mass is 19.1. The van der Waals surface area contributed by atoms with Gasteiger partial charge in [0.05, 0.1) is 19.8 Å². The number of hydrogen-bond acceptors (Lipinski definition) is 4. The summed E-state index contributed by atoms with van der Waals surface area (Å²) in [4.78, 5) is 25.1. The van der Waals surface area contributed by atoms with E-state index in [1.807, 2.05) is 24.3 Å². The average molecular weight is 431 g/mol. The van der Waals surface area contributed by atoms with Gasteiger partial charge in [0.15, 0.2) is 0 Å². The normalized spacial score (nSPS) is 21.2. The molecule has 0 spiro atoms. The number of rotatable bonds is 6. The fourth-order valence-corrected chi connectivity index (χ4v) is 4.02. The molecule has 2 aliphatic rings.